The molecule has 5 rings (SSSR count). The second-order valence-electron chi connectivity index (χ2n) is 15.2. The van der Waals surface area contributed by atoms with Gasteiger partial charge in [0.25, 0.3) is 0 Å². The molecule has 11 nitrogen and oxygen atoms in total. The van der Waals surface area contributed by atoms with E-state index in [1.54, 1.807) is 58.0 Å². The molecule has 1 heterocycles. The maximum atomic E-state index is 15.6. The van der Waals surface area contributed by atoms with E-state index in [1.807, 2.05) is 0 Å². The van der Waals surface area contributed by atoms with Gasteiger partial charge in [-0.2, -0.15) is 0 Å². The molecule has 0 spiro atoms. The van der Waals surface area contributed by atoms with Gasteiger partial charge >= 0.3 is 17.9 Å². The Bertz CT molecular complexity index is 1510. The Morgan fingerprint density at radius 1 is 1.00 bits per heavy atom. The summed E-state index contributed by atoms with van der Waals surface area (Å²) >= 11 is 0. The van der Waals surface area contributed by atoms with Gasteiger partial charge in [0.1, 0.15) is 17.8 Å². The van der Waals surface area contributed by atoms with Crippen LogP contribution < -0.4 is 0 Å². The van der Waals surface area contributed by atoms with Crippen LogP contribution in [0.4, 0.5) is 0 Å². The summed E-state index contributed by atoms with van der Waals surface area (Å²) in [6, 6.07) is 10.6. The van der Waals surface area contributed by atoms with Gasteiger partial charge < -0.3 is 33.6 Å². The first-order chi connectivity index (χ1) is 22.9. The lowest BCUT2D eigenvalue weighted by Gasteiger charge is -2.68. The number of rotatable bonds is 9. The van der Waals surface area contributed by atoms with E-state index in [0.29, 0.717) is 0 Å². The molecule has 1 aromatic carbocycles. The van der Waals surface area contributed by atoms with Crippen molar-refractivity contribution in [2.24, 2.45) is 22.7 Å². The van der Waals surface area contributed by atoms with Crippen LogP contribution in [0.25, 0.3) is 0 Å². The molecule has 9 atom stereocenters. The number of Topliss-reactive ketones (excluding diaryl/α,β-unsaturated/α-hetero) is 1. The van der Waals surface area contributed by atoms with Crippen molar-refractivity contribution < 1.29 is 52.8 Å². The molecule has 1 aliphatic heterocycles. The monoisotopic (exact) mass is 700 g/mol. The normalized spacial score (nSPS) is 36.7. The Morgan fingerprint density at radius 2 is 1.61 bits per heavy atom. The fraction of sp³-hybridized carbons (Fsp3) is 0.676. The molecule has 270 valence electrons. The van der Waals surface area contributed by atoms with Crippen molar-refractivity contribution in [2.45, 2.75) is 129 Å². The highest BCUT2D eigenvalue weighted by molar-refractivity contribution is 6.73. The number of aliphatic hydroxyl groups is 2. The summed E-state index contributed by atoms with van der Waals surface area (Å²) in [6.07, 6.45) is -4.46. The van der Waals surface area contributed by atoms with Crippen LogP contribution in [0.5, 0.6) is 0 Å². The van der Waals surface area contributed by atoms with Gasteiger partial charge in [0.05, 0.1) is 35.7 Å². The zero-order valence-corrected chi connectivity index (χ0v) is 31.2. The second kappa shape index (κ2) is 13.0. The predicted octanol–water partition coefficient (Wildman–Crippen LogP) is 4.89. The molecule has 4 aliphatic rings. The minimum atomic E-state index is -2.48. The maximum absolute atomic E-state index is 15.6. The van der Waals surface area contributed by atoms with Gasteiger partial charge in [-0.3, -0.25) is 14.4 Å². The van der Waals surface area contributed by atoms with Crippen molar-refractivity contribution in [3.05, 3.63) is 47.2 Å². The van der Waals surface area contributed by atoms with Gasteiger partial charge in [0.2, 0.25) is 5.78 Å². The molecule has 12 heteroatoms. The Balaban J connectivity index is 1.90. The quantitative estimate of drug-likeness (QED) is 0.206. The third-order valence-electron chi connectivity index (χ3n) is 12.5. The zero-order valence-electron chi connectivity index (χ0n) is 30.2. The minimum Gasteiger partial charge on any atom is -0.455 e. The van der Waals surface area contributed by atoms with E-state index in [9.17, 15) is 24.6 Å². The number of esters is 3. The number of ketones is 1. The van der Waals surface area contributed by atoms with Crippen LogP contribution in [0.3, 0.4) is 0 Å². The van der Waals surface area contributed by atoms with Crippen molar-refractivity contribution in [1.82, 2.24) is 0 Å². The number of aliphatic hydroxyl groups excluding tert-OH is 1. The van der Waals surface area contributed by atoms with Crippen molar-refractivity contribution in [3.63, 3.8) is 0 Å². The average Bonchev–Trinajstić information content (AvgIpc) is 3.04. The van der Waals surface area contributed by atoms with E-state index in [0.717, 1.165) is 18.1 Å². The van der Waals surface area contributed by atoms with Gasteiger partial charge in [0.15, 0.2) is 19.7 Å². The Labute approximate surface area is 289 Å². The van der Waals surface area contributed by atoms with Gasteiger partial charge in [-0.15, -0.1) is 0 Å². The lowest BCUT2D eigenvalue weighted by Crippen LogP contribution is -2.81. The third-order valence-corrected chi connectivity index (χ3v) is 17.1. The van der Waals surface area contributed by atoms with Gasteiger partial charge in [-0.1, -0.05) is 59.7 Å². The van der Waals surface area contributed by atoms with Crippen molar-refractivity contribution in [2.75, 3.05) is 6.61 Å². The molecule has 2 unspecified atom stereocenters. The Hall–Kier alpha value is -2.90. The first-order valence-electron chi connectivity index (χ1n) is 17.5. The number of ether oxygens (including phenoxy) is 4. The molecule has 3 aliphatic carbocycles. The van der Waals surface area contributed by atoms with E-state index in [-0.39, 0.29) is 36.3 Å². The van der Waals surface area contributed by atoms with Crippen LogP contribution in [0.15, 0.2) is 41.7 Å². The molecule has 1 aromatic rings. The molecule has 2 saturated carbocycles. The smallest absolute Gasteiger partial charge is 0.338 e. The van der Waals surface area contributed by atoms with E-state index < -0.39 is 90.3 Å². The van der Waals surface area contributed by atoms with Gasteiger partial charge in [-0.25, -0.2) is 4.79 Å². The highest BCUT2D eigenvalue weighted by atomic mass is 28.4. The molecule has 0 amide bonds. The third kappa shape index (κ3) is 5.62. The predicted molar refractivity (Wildman–Crippen MR) is 180 cm³/mol. The number of benzene rings is 1. The van der Waals surface area contributed by atoms with Gasteiger partial charge in [-0.05, 0) is 42.8 Å². The summed E-state index contributed by atoms with van der Waals surface area (Å²) in [6.45, 7) is 15.3. The van der Waals surface area contributed by atoms with Gasteiger partial charge in [0, 0.05) is 38.0 Å². The van der Waals surface area contributed by atoms with E-state index in [1.165, 1.54) is 13.8 Å². The van der Waals surface area contributed by atoms with Crippen LogP contribution in [0, 0.1) is 22.7 Å². The van der Waals surface area contributed by atoms with Crippen molar-refractivity contribution >= 4 is 32.0 Å². The highest BCUT2D eigenvalue weighted by Crippen LogP contribution is 2.65. The van der Waals surface area contributed by atoms with Crippen LogP contribution in [0.1, 0.15) is 85.5 Å². The second-order valence-corrected chi connectivity index (χ2v) is 19.9. The zero-order chi connectivity index (χ0) is 36.3. The fourth-order valence-electron chi connectivity index (χ4n) is 9.35. The fourth-order valence-corrected chi connectivity index (χ4v) is 12.3. The van der Waals surface area contributed by atoms with E-state index in [4.69, 9.17) is 23.4 Å². The Kier molecular flexibility index (Phi) is 9.92. The molecular weight excluding hydrogens is 648 g/mol. The topological polar surface area (TPSA) is 155 Å². The van der Waals surface area contributed by atoms with Crippen LogP contribution in [-0.4, -0.2) is 84.4 Å². The summed E-state index contributed by atoms with van der Waals surface area (Å²) in [5, 5.41) is 24.9. The molecule has 2 bridgehead atoms. The van der Waals surface area contributed by atoms with Crippen molar-refractivity contribution in [1.29, 1.82) is 0 Å². The maximum Gasteiger partial charge on any atom is 0.338 e. The van der Waals surface area contributed by atoms with Crippen LogP contribution in [-0.2, 0) is 37.8 Å². The SMILES string of the molecule is CC[Si](CC)(CC)O[C@H]1C[C@H]2OC[C@@]2(OC(C)=O)[C@H]2[C@H](OC(=O)c3ccccc3)[C@]3(O)CC(O)C(C)C(=C(OC(C)=O)C(=O)[C@]12C)C3(C)C. The van der Waals surface area contributed by atoms with E-state index in [2.05, 4.69) is 20.8 Å². The summed E-state index contributed by atoms with van der Waals surface area (Å²) in [4.78, 5) is 55.5. The summed E-state index contributed by atoms with van der Waals surface area (Å²) in [7, 11) is -2.48. The molecule has 0 aromatic heterocycles. The number of hydrogen-bond donors (Lipinski definition) is 2. The lowest BCUT2D eigenvalue weighted by molar-refractivity contribution is -0.344. The molecule has 3 fully saturated rings. The number of carbonyl (C=O) groups excluding carboxylic acids is 4. The first-order valence-corrected chi connectivity index (χ1v) is 20.0. The molecule has 0 radical (unpaired) electrons. The minimum absolute atomic E-state index is 0.135. The standard InChI is InChI=1S/C37H52O11Si/c1-10-49(11-2,12-3)48-26-18-27-36(20-44-27,47-23(6)39)30-32(46-33(42)24-16-14-13-15-17-24)37(43)19-25(40)21(4)28(34(37,7)8)29(45-22(5)38)31(41)35(26,30)9/h13-17,21,25-27,30,32,40,43H,10-12,18-20H2,1-9H3/t21?,25?,26-,27+,30-,32-,35+,36-,37+/m0/s1. The van der Waals surface area contributed by atoms with Crippen LogP contribution >= 0.6 is 0 Å². The summed E-state index contributed by atoms with van der Waals surface area (Å²) in [5.41, 5.74) is -6.24. The largest absolute Gasteiger partial charge is 0.455 e. The van der Waals surface area contributed by atoms with Crippen LogP contribution in [0.2, 0.25) is 18.1 Å². The van der Waals surface area contributed by atoms with Crippen molar-refractivity contribution in [3.8, 4) is 0 Å². The summed E-state index contributed by atoms with van der Waals surface area (Å²) in [5.74, 6) is -5.01. The average molecular weight is 701 g/mol. The molecular formula is C37H52O11Si. The molecule has 1 saturated heterocycles. The lowest BCUT2D eigenvalue weighted by atomic mass is 9.45. The number of allylic oxidation sites excluding steroid dienone is 1. The highest BCUT2D eigenvalue weighted by Gasteiger charge is 2.78. The summed E-state index contributed by atoms with van der Waals surface area (Å²) < 4.78 is 31.8. The Morgan fingerprint density at radius 3 is 2.12 bits per heavy atom. The first kappa shape index (κ1) is 37.4. The number of fused-ring (bicyclic) bond motifs is 5. The molecule has 49 heavy (non-hydrogen) atoms. The number of carbonyl (C=O) groups is 4. The molecule has 2 N–H and O–H groups in total. The van der Waals surface area contributed by atoms with E-state index >= 15 is 4.79 Å². The number of hydrogen-bond acceptors (Lipinski definition) is 11.